The zero-order valence-electron chi connectivity index (χ0n) is 17.5. The quantitative estimate of drug-likeness (QED) is 0.364. The molecule has 1 aliphatic heterocycles. The van der Waals surface area contributed by atoms with Gasteiger partial charge in [-0.2, -0.15) is 18.7 Å². The van der Waals surface area contributed by atoms with E-state index in [2.05, 4.69) is 15.6 Å². The third-order valence-electron chi connectivity index (χ3n) is 5.47. The van der Waals surface area contributed by atoms with E-state index >= 15 is 0 Å². The molecule has 1 unspecified atom stereocenters. The minimum absolute atomic E-state index is 0.0979. The molecule has 0 aliphatic carbocycles. The Morgan fingerprint density at radius 2 is 1.94 bits per heavy atom. The summed E-state index contributed by atoms with van der Waals surface area (Å²) in [6.45, 7) is 2.87. The van der Waals surface area contributed by atoms with Gasteiger partial charge in [0.15, 0.2) is 0 Å². The third-order valence-corrected chi connectivity index (χ3v) is 6.80. The minimum atomic E-state index is -3.68. The van der Waals surface area contributed by atoms with Crippen molar-refractivity contribution in [2.24, 2.45) is 0 Å². The number of fused-ring (bicyclic) bond motifs is 3. The largest absolute Gasteiger partial charge is 0.459 e. The normalized spacial score (nSPS) is 15.5. The summed E-state index contributed by atoms with van der Waals surface area (Å²) in [5, 5.41) is 9.01. The highest BCUT2D eigenvalue weighted by Crippen LogP contribution is 2.30. The van der Waals surface area contributed by atoms with E-state index in [0.29, 0.717) is 18.0 Å². The molecular formula is C23H25N3O4S. The van der Waals surface area contributed by atoms with Crippen LogP contribution in [0.4, 0.5) is 0 Å². The first-order valence-electron chi connectivity index (χ1n) is 10.5. The number of nitriles is 1. The molecule has 3 aromatic rings. The fourth-order valence-corrected chi connectivity index (χ4v) is 4.70. The van der Waals surface area contributed by atoms with Crippen molar-refractivity contribution in [2.75, 3.05) is 6.61 Å². The van der Waals surface area contributed by atoms with Crippen molar-refractivity contribution in [2.45, 2.75) is 56.6 Å². The number of hydrogen-bond donors (Lipinski definition) is 0. The second-order valence-electron chi connectivity index (χ2n) is 7.85. The second kappa shape index (κ2) is 9.08. The van der Waals surface area contributed by atoms with Gasteiger partial charge in [0.2, 0.25) is 0 Å². The van der Waals surface area contributed by atoms with Crippen LogP contribution in [0.5, 0.6) is 6.01 Å². The molecule has 1 atom stereocenters. The summed E-state index contributed by atoms with van der Waals surface area (Å²) in [7, 11) is -3.68. The highest BCUT2D eigenvalue weighted by Gasteiger charge is 2.26. The summed E-state index contributed by atoms with van der Waals surface area (Å²) in [5.74, 6) is 0. The predicted molar refractivity (Wildman–Crippen MR) is 116 cm³/mol. The molecule has 2 aromatic carbocycles. The lowest BCUT2D eigenvalue weighted by molar-refractivity contribution is 0.208. The summed E-state index contributed by atoms with van der Waals surface area (Å²) in [6.07, 6.45) is 4.61. The van der Waals surface area contributed by atoms with Crippen molar-refractivity contribution in [1.29, 1.82) is 5.26 Å². The van der Waals surface area contributed by atoms with Gasteiger partial charge < -0.3 is 4.74 Å². The van der Waals surface area contributed by atoms with Gasteiger partial charge in [-0.15, -0.1) is 0 Å². The monoisotopic (exact) mass is 439 g/mol. The van der Waals surface area contributed by atoms with Crippen molar-refractivity contribution >= 4 is 21.2 Å². The van der Waals surface area contributed by atoms with Crippen LogP contribution in [-0.2, 0) is 20.8 Å². The van der Waals surface area contributed by atoms with E-state index in [4.69, 9.17) is 14.2 Å². The number of rotatable bonds is 9. The maximum atomic E-state index is 12.2. The molecule has 0 saturated heterocycles. The van der Waals surface area contributed by atoms with Crippen LogP contribution >= 0.6 is 0 Å². The van der Waals surface area contributed by atoms with Gasteiger partial charge in [0, 0.05) is 0 Å². The molecule has 2 heterocycles. The summed E-state index contributed by atoms with van der Waals surface area (Å²) in [5.41, 5.74) is 3.38. The standard InChI is InChI=1S/C23H25N3O4S/c1-17-7-10-20(11-8-17)31(27,28)29-13-5-3-2-4-6-19-16-26-22-12-9-18(15-24)14-21(22)25-23(26)30-19/h7-12,14,19H,2-6,13,16H2,1H3. The number of hydrogen-bond acceptors (Lipinski definition) is 6. The minimum Gasteiger partial charge on any atom is -0.459 e. The van der Waals surface area contributed by atoms with Crippen LogP contribution in [0.25, 0.3) is 11.0 Å². The topological polar surface area (TPSA) is 94.2 Å². The summed E-state index contributed by atoms with van der Waals surface area (Å²) < 4.78 is 37.5. The molecule has 31 heavy (non-hydrogen) atoms. The van der Waals surface area contributed by atoms with Crippen LogP contribution in [0.1, 0.15) is 43.2 Å². The Labute approximate surface area is 182 Å². The lowest BCUT2D eigenvalue weighted by atomic mass is 10.1. The molecule has 0 saturated carbocycles. The third kappa shape index (κ3) is 4.89. The Morgan fingerprint density at radius 1 is 1.16 bits per heavy atom. The van der Waals surface area contributed by atoms with Gasteiger partial charge in [0.1, 0.15) is 6.10 Å². The fraction of sp³-hybridized carbons (Fsp3) is 0.391. The van der Waals surface area contributed by atoms with Crippen molar-refractivity contribution in [3.8, 4) is 12.1 Å². The smallest absolute Gasteiger partial charge is 0.297 e. The molecule has 0 amide bonds. The highest BCUT2D eigenvalue weighted by molar-refractivity contribution is 7.86. The zero-order valence-corrected chi connectivity index (χ0v) is 18.3. The average molecular weight is 440 g/mol. The van der Waals surface area contributed by atoms with E-state index in [0.717, 1.165) is 48.8 Å². The van der Waals surface area contributed by atoms with Crippen LogP contribution in [0.15, 0.2) is 47.4 Å². The second-order valence-corrected chi connectivity index (χ2v) is 9.47. The zero-order chi connectivity index (χ0) is 21.8. The van der Waals surface area contributed by atoms with E-state index in [1.54, 1.807) is 36.4 Å². The van der Waals surface area contributed by atoms with Crippen molar-refractivity contribution in [3.63, 3.8) is 0 Å². The van der Waals surface area contributed by atoms with Crippen LogP contribution in [0.2, 0.25) is 0 Å². The van der Waals surface area contributed by atoms with Crippen molar-refractivity contribution in [3.05, 3.63) is 53.6 Å². The van der Waals surface area contributed by atoms with E-state index in [-0.39, 0.29) is 17.6 Å². The number of benzene rings is 2. The molecule has 4 rings (SSSR count). The molecule has 0 radical (unpaired) electrons. The van der Waals surface area contributed by atoms with E-state index in [9.17, 15) is 8.42 Å². The lowest BCUT2D eigenvalue weighted by Crippen LogP contribution is -2.14. The molecule has 0 N–H and O–H groups in total. The first kappa shape index (κ1) is 21.3. The number of ether oxygens (including phenoxy) is 1. The van der Waals surface area contributed by atoms with Gasteiger partial charge in [-0.25, -0.2) is 0 Å². The number of aryl methyl sites for hydroxylation is 1. The summed E-state index contributed by atoms with van der Waals surface area (Å²) in [4.78, 5) is 4.69. The fourth-order valence-electron chi connectivity index (χ4n) is 3.75. The highest BCUT2D eigenvalue weighted by atomic mass is 32.2. The lowest BCUT2D eigenvalue weighted by Gasteiger charge is -2.09. The maximum absolute atomic E-state index is 12.2. The first-order chi connectivity index (χ1) is 15.0. The molecule has 0 fully saturated rings. The Morgan fingerprint density at radius 3 is 2.71 bits per heavy atom. The SMILES string of the molecule is Cc1ccc(S(=O)(=O)OCCCCCCC2Cn3c(nc4cc(C#N)ccc43)O2)cc1. The molecule has 1 aliphatic rings. The number of unbranched alkanes of at least 4 members (excludes halogenated alkanes) is 3. The van der Waals surface area contributed by atoms with Gasteiger partial charge in [-0.1, -0.05) is 30.5 Å². The Kier molecular flexibility index (Phi) is 6.25. The van der Waals surface area contributed by atoms with Crippen molar-refractivity contribution in [1.82, 2.24) is 9.55 Å². The molecule has 7 nitrogen and oxygen atoms in total. The van der Waals surface area contributed by atoms with Gasteiger partial charge in [-0.05, 0) is 56.5 Å². The van der Waals surface area contributed by atoms with Gasteiger partial charge >= 0.3 is 0 Å². The van der Waals surface area contributed by atoms with E-state index in [1.165, 1.54) is 0 Å². The van der Waals surface area contributed by atoms with Gasteiger partial charge in [-0.3, -0.25) is 8.75 Å². The van der Waals surface area contributed by atoms with E-state index in [1.807, 2.05) is 13.0 Å². The van der Waals surface area contributed by atoms with E-state index < -0.39 is 10.1 Å². The van der Waals surface area contributed by atoms with Crippen LogP contribution in [0.3, 0.4) is 0 Å². The van der Waals surface area contributed by atoms with Gasteiger partial charge in [0.25, 0.3) is 16.1 Å². The average Bonchev–Trinajstić information content (AvgIpc) is 3.30. The molecular weight excluding hydrogens is 414 g/mol. The van der Waals surface area contributed by atoms with Crippen LogP contribution in [-0.4, -0.2) is 30.7 Å². The Hall–Kier alpha value is -2.89. The number of aromatic nitrogens is 2. The molecule has 1 aromatic heterocycles. The molecule has 0 spiro atoms. The Balaban J connectivity index is 1.15. The van der Waals surface area contributed by atoms with Crippen LogP contribution < -0.4 is 4.74 Å². The number of imidazole rings is 1. The Bertz CT molecular complexity index is 1210. The summed E-state index contributed by atoms with van der Waals surface area (Å²) >= 11 is 0. The number of nitrogens with zero attached hydrogens (tertiary/aromatic N) is 3. The maximum Gasteiger partial charge on any atom is 0.297 e. The molecule has 8 heteroatoms. The van der Waals surface area contributed by atoms with Crippen LogP contribution in [0, 0.1) is 18.3 Å². The summed E-state index contributed by atoms with van der Waals surface area (Å²) in [6, 6.07) is 14.9. The molecule has 162 valence electrons. The van der Waals surface area contributed by atoms with Crippen molar-refractivity contribution < 1.29 is 17.3 Å². The molecule has 0 bridgehead atoms. The van der Waals surface area contributed by atoms with Gasteiger partial charge in [0.05, 0.1) is 40.7 Å². The predicted octanol–water partition coefficient (Wildman–Crippen LogP) is 4.33. The first-order valence-corrected chi connectivity index (χ1v) is 11.9.